The number of halogens is 1. The van der Waals surface area contributed by atoms with E-state index >= 15 is 0 Å². The van der Waals surface area contributed by atoms with Gasteiger partial charge in [0.25, 0.3) is 0 Å². The van der Waals surface area contributed by atoms with Crippen molar-refractivity contribution in [3.63, 3.8) is 0 Å². The van der Waals surface area contributed by atoms with E-state index in [2.05, 4.69) is 20.9 Å². The molecule has 0 amide bonds. The summed E-state index contributed by atoms with van der Waals surface area (Å²) >= 11 is 3.41. The van der Waals surface area contributed by atoms with Gasteiger partial charge in [-0.15, -0.1) is 0 Å². The third-order valence-corrected chi connectivity index (χ3v) is 4.30. The van der Waals surface area contributed by atoms with Gasteiger partial charge < -0.3 is 4.74 Å². The van der Waals surface area contributed by atoms with E-state index in [1.807, 2.05) is 66.7 Å². The molecule has 0 atom stereocenters. The number of carbonyl (C=O) groups is 1. The van der Waals surface area contributed by atoms with E-state index in [-0.39, 0.29) is 0 Å². The molecule has 0 unspecified atom stereocenters. The summed E-state index contributed by atoms with van der Waals surface area (Å²) in [5.74, 6) is -0.106. The average Bonchev–Trinajstić information content (AvgIpc) is 2.96. The van der Waals surface area contributed by atoms with Gasteiger partial charge in [-0.1, -0.05) is 64.5 Å². The Labute approximate surface area is 147 Å². The molecule has 0 saturated carbocycles. The number of fused-ring (bicyclic) bond motifs is 1. The molecule has 0 N–H and O–H groups in total. The molecule has 0 bridgehead atoms. The van der Waals surface area contributed by atoms with Gasteiger partial charge in [0.15, 0.2) is 5.70 Å². The predicted molar refractivity (Wildman–Crippen MR) is 98.7 cm³/mol. The lowest BCUT2D eigenvalue weighted by Gasteiger charge is -2.01. The summed E-state index contributed by atoms with van der Waals surface area (Å²) in [5.41, 5.74) is 2.01. The number of nitrogens with zero attached hydrogens (tertiary/aromatic N) is 1. The molecule has 3 aromatic carbocycles. The molecule has 4 heteroatoms. The van der Waals surface area contributed by atoms with Crippen molar-refractivity contribution in [1.29, 1.82) is 0 Å². The number of carbonyl (C=O) groups excluding carboxylic acids is 1. The number of ether oxygens (including phenoxy) is 1. The first-order valence-electron chi connectivity index (χ1n) is 7.47. The average molecular weight is 378 g/mol. The van der Waals surface area contributed by atoms with Crippen molar-refractivity contribution in [2.75, 3.05) is 0 Å². The first-order chi connectivity index (χ1) is 11.7. The maximum Gasteiger partial charge on any atom is 0.363 e. The van der Waals surface area contributed by atoms with Crippen LogP contribution >= 0.6 is 15.9 Å². The van der Waals surface area contributed by atoms with Gasteiger partial charge in [-0.2, -0.15) is 0 Å². The summed E-state index contributed by atoms with van der Waals surface area (Å²) in [7, 11) is 0. The molecule has 4 rings (SSSR count). The topological polar surface area (TPSA) is 38.7 Å². The second kappa shape index (κ2) is 6.06. The van der Waals surface area contributed by atoms with Crippen LogP contribution in [0, 0.1) is 0 Å². The van der Waals surface area contributed by atoms with Crippen molar-refractivity contribution in [1.82, 2.24) is 0 Å². The Bertz CT molecular complexity index is 1020. The van der Waals surface area contributed by atoms with Gasteiger partial charge in [-0.3, -0.25) is 0 Å². The van der Waals surface area contributed by atoms with Gasteiger partial charge in [-0.05, 0) is 40.6 Å². The molecule has 3 nitrogen and oxygen atoms in total. The number of benzene rings is 3. The van der Waals surface area contributed by atoms with Crippen molar-refractivity contribution in [2.45, 2.75) is 0 Å². The third kappa shape index (κ3) is 2.76. The van der Waals surface area contributed by atoms with Gasteiger partial charge in [-0.25, -0.2) is 9.79 Å². The van der Waals surface area contributed by atoms with E-state index in [9.17, 15) is 4.79 Å². The SMILES string of the molecule is O=C1OC(c2cccc(Br)c2)=N/C1=C/c1cccc2ccccc12. The van der Waals surface area contributed by atoms with E-state index < -0.39 is 5.97 Å². The monoisotopic (exact) mass is 377 g/mol. The van der Waals surface area contributed by atoms with Crippen LogP contribution in [-0.4, -0.2) is 11.9 Å². The zero-order valence-corrected chi connectivity index (χ0v) is 14.2. The molecule has 24 heavy (non-hydrogen) atoms. The van der Waals surface area contributed by atoms with Crippen LogP contribution in [0.25, 0.3) is 16.8 Å². The molecule has 116 valence electrons. The number of hydrogen-bond donors (Lipinski definition) is 0. The van der Waals surface area contributed by atoms with Crippen LogP contribution in [0.15, 0.2) is 81.9 Å². The second-order valence-corrected chi connectivity index (χ2v) is 6.33. The number of aliphatic imine (C=N–C) groups is 1. The number of cyclic esters (lactones) is 1. The van der Waals surface area contributed by atoms with Crippen LogP contribution < -0.4 is 0 Å². The lowest BCUT2D eigenvalue weighted by molar-refractivity contribution is -0.129. The van der Waals surface area contributed by atoms with Crippen LogP contribution in [0.3, 0.4) is 0 Å². The largest absolute Gasteiger partial charge is 0.402 e. The molecule has 0 spiro atoms. The van der Waals surface area contributed by atoms with Crippen LogP contribution in [-0.2, 0) is 9.53 Å². The molecule has 0 aromatic heterocycles. The van der Waals surface area contributed by atoms with E-state index in [0.29, 0.717) is 11.6 Å². The zero-order valence-electron chi connectivity index (χ0n) is 12.6. The van der Waals surface area contributed by atoms with Gasteiger partial charge in [0.2, 0.25) is 5.90 Å². The van der Waals surface area contributed by atoms with Crippen LogP contribution in [0.2, 0.25) is 0 Å². The number of hydrogen-bond acceptors (Lipinski definition) is 3. The maximum absolute atomic E-state index is 12.2. The van der Waals surface area contributed by atoms with Gasteiger partial charge in [0, 0.05) is 10.0 Å². The molecule has 1 aliphatic rings. The molecule has 0 fully saturated rings. The van der Waals surface area contributed by atoms with Crippen molar-refractivity contribution >= 4 is 44.6 Å². The van der Waals surface area contributed by atoms with Gasteiger partial charge >= 0.3 is 5.97 Å². The fourth-order valence-electron chi connectivity index (χ4n) is 2.68. The second-order valence-electron chi connectivity index (χ2n) is 5.41. The maximum atomic E-state index is 12.2. The molecular formula is C20H12BrNO2. The highest BCUT2D eigenvalue weighted by molar-refractivity contribution is 9.10. The summed E-state index contributed by atoms with van der Waals surface area (Å²) < 4.78 is 6.23. The lowest BCUT2D eigenvalue weighted by atomic mass is 10.0. The van der Waals surface area contributed by atoms with E-state index in [1.165, 1.54) is 0 Å². The van der Waals surface area contributed by atoms with Crippen LogP contribution in [0.4, 0.5) is 0 Å². The lowest BCUT2D eigenvalue weighted by Crippen LogP contribution is -2.05. The van der Waals surface area contributed by atoms with Crippen LogP contribution in [0.5, 0.6) is 0 Å². The summed E-state index contributed by atoms with van der Waals surface area (Å²) in [6.45, 7) is 0. The first kappa shape index (κ1) is 14.8. The van der Waals surface area contributed by atoms with E-state index in [0.717, 1.165) is 26.4 Å². The Morgan fingerprint density at radius 2 is 1.75 bits per heavy atom. The summed E-state index contributed by atoms with van der Waals surface area (Å²) in [4.78, 5) is 16.5. The molecule has 1 heterocycles. The van der Waals surface area contributed by atoms with E-state index in [1.54, 1.807) is 6.08 Å². The Hall–Kier alpha value is -2.72. The minimum Gasteiger partial charge on any atom is -0.402 e. The van der Waals surface area contributed by atoms with Crippen molar-refractivity contribution in [2.24, 2.45) is 4.99 Å². The molecule has 0 aliphatic carbocycles. The zero-order chi connectivity index (χ0) is 16.5. The van der Waals surface area contributed by atoms with Gasteiger partial charge in [0.1, 0.15) is 0 Å². The normalized spacial score (nSPS) is 15.6. The minimum atomic E-state index is -0.432. The Kier molecular flexibility index (Phi) is 3.75. The smallest absolute Gasteiger partial charge is 0.363 e. The standard InChI is InChI=1S/C20H12BrNO2/c21-16-9-4-8-15(11-16)19-22-18(20(23)24-19)12-14-7-3-6-13-5-1-2-10-17(13)14/h1-12H/b18-12+. The first-order valence-corrected chi connectivity index (χ1v) is 8.26. The highest BCUT2D eigenvalue weighted by Crippen LogP contribution is 2.24. The Morgan fingerprint density at radius 1 is 0.958 bits per heavy atom. The molecule has 3 aromatic rings. The summed E-state index contributed by atoms with van der Waals surface area (Å²) in [5, 5.41) is 2.20. The molecule has 0 radical (unpaired) electrons. The number of rotatable bonds is 2. The fraction of sp³-hybridized carbons (Fsp3) is 0. The van der Waals surface area contributed by atoms with E-state index in [4.69, 9.17) is 4.74 Å². The quantitative estimate of drug-likeness (QED) is 0.468. The predicted octanol–water partition coefficient (Wildman–Crippen LogP) is 4.95. The van der Waals surface area contributed by atoms with Crippen molar-refractivity contribution in [3.8, 4) is 0 Å². The molecule has 1 aliphatic heterocycles. The summed E-state index contributed by atoms with van der Waals surface area (Å²) in [6, 6.07) is 21.5. The molecule has 0 saturated heterocycles. The minimum absolute atomic E-state index is 0.307. The fourth-order valence-corrected chi connectivity index (χ4v) is 3.08. The highest BCUT2D eigenvalue weighted by atomic mass is 79.9. The Balaban J connectivity index is 1.78. The van der Waals surface area contributed by atoms with Gasteiger partial charge in [0.05, 0.1) is 0 Å². The van der Waals surface area contributed by atoms with Crippen molar-refractivity contribution < 1.29 is 9.53 Å². The Morgan fingerprint density at radius 3 is 2.62 bits per heavy atom. The van der Waals surface area contributed by atoms with Crippen molar-refractivity contribution in [3.05, 3.63) is 88.0 Å². The number of esters is 1. The highest BCUT2D eigenvalue weighted by Gasteiger charge is 2.24. The third-order valence-electron chi connectivity index (χ3n) is 3.81. The summed E-state index contributed by atoms with van der Waals surface area (Å²) in [6.07, 6.45) is 1.77. The van der Waals surface area contributed by atoms with Crippen LogP contribution in [0.1, 0.15) is 11.1 Å². The molecular weight excluding hydrogens is 366 g/mol.